The predicted octanol–water partition coefficient (Wildman–Crippen LogP) is 1.47. The summed E-state index contributed by atoms with van der Waals surface area (Å²) in [7, 11) is 0. The Labute approximate surface area is 136 Å². The minimum absolute atomic E-state index is 0. The van der Waals surface area contributed by atoms with Gasteiger partial charge in [-0.2, -0.15) is 0 Å². The van der Waals surface area contributed by atoms with E-state index in [1.54, 1.807) is 0 Å². The zero-order chi connectivity index (χ0) is 12.6. The van der Waals surface area contributed by atoms with Crippen LogP contribution in [0.5, 0.6) is 0 Å². The Balaban J connectivity index is 0.00000110. The van der Waals surface area contributed by atoms with Gasteiger partial charge in [0, 0.05) is 32.7 Å². The number of aliphatic carboxylic acids is 2. The second-order valence-corrected chi connectivity index (χ2v) is 6.39. The molecular formula is C14H16O4Y. The third kappa shape index (κ3) is 1.59. The van der Waals surface area contributed by atoms with E-state index in [2.05, 4.69) is 12.2 Å². The molecule has 4 nitrogen and oxygen atoms in total. The van der Waals surface area contributed by atoms with Crippen LogP contribution >= 0.6 is 0 Å². The quantitative estimate of drug-likeness (QED) is 0.591. The van der Waals surface area contributed by atoms with Gasteiger partial charge in [-0.1, -0.05) is 12.2 Å². The molecule has 2 N–H and O–H groups in total. The van der Waals surface area contributed by atoms with Crippen LogP contribution in [0.15, 0.2) is 12.2 Å². The van der Waals surface area contributed by atoms with Crippen LogP contribution in [0.3, 0.4) is 0 Å². The van der Waals surface area contributed by atoms with E-state index >= 15 is 0 Å². The first-order chi connectivity index (χ1) is 8.59. The van der Waals surface area contributed by atoms with Gasteiger partial charge in [-0.3, -0.25) is 9.59 Å². The minimum Gasteiger partial charge on any atom is -0.481 e. The summed E-state index contributed by atoms with van der Waals surface area (Å²) in [5, 5.41) is 18.7. The summed E-state index contributed by atoms with van der Waals surface area (Å²) >= 11 is 0. The summed E-state index contributed by atoms with van der Waals surface area (Å²) in [6, 6.07) is 0. The number of allylic oxidation sites excluding steroid dienone is 2. The van der Waals surface area contributed by atoms with Gasteiger partial charge in [0.2, 0.25) is 0 Å². The van der Waals surface area contributed by atoms with Gasteiger partial charge >= 0.3 is 11.9 Å². The van der Waals surface area contributed by atoms with Gasteiger partial charge < -0.3 is 10.2 Å². The van der Waals surface area contributed by atoms with Crippen LogP contribution in [0.25, 0.3) is 0 Å². The number of hydrogen-bond acceptors (Lipinski definition) is 2. The van der Waals surface area contributed by atoms with Gasteiger partial charge in [0.05, 0.1) is 11.8 Å². The molecule has 0 aromatic carbocycles. The normalized spacial score (nSPS) is 52.0. The molecule has 4 bridgehead atoms. The SMILES string of the molecule is O=C(O)C1C2CC(C1C(=O)O)C1C3C=CC(C3)C21.[Y]. The van der Waals surface area contributed by atoms with Gasteiger partial charge in [-0.15, -0.1) is 0 Å². The molecule has 3 saturated carbocycles. The van der Waals surface area contributed by atoms with Crippen LogP contribution in [0.2, 0.25) is 0 Å². The van der Waals surface area contributed by atoms with Crippen LogP contribution in [-0.2, 0) is 42.3 Å². The van der Waals surface area contributed by atoms with E-state index in [1.807, 2.05) is 0 Å². The first kappa shape index (κ1) is 13.8. The fraction of sp³-hybridized carbons (Fsp3) is 0.714. The Kier molecular flexibility index (Phi) is 3.18. The summed E-state index contributed by atoms with van der Waals surface area (Å²) in [4.78, 5) is 22.8. The molecule has 5 heteroatoms. The molecule has 99 valence electrons. The smallest absolute Gasteiger partial charge is 0.307 e. The van der Waals surface area contributed by atoms with Crippen molar-refractivity contribution in [2.75, 3.05) is 0 Å². The van der Waals surface area contributed by atoms with Crippen molar-refractivity contribution in [3.63, 3.8) is 0 Å². The average Bonchev–Trinajstić information content (AvgIpc) is 3.04. The minimum atomic E-state index is -0.903. The van der Waals surface area contributed by atoms with E-state index in [9.17, 15) is 19.8 Å². The third-order valence-electron chi connectivity index (χ3n) is 6.00. The Hall–Kier alpha value is -0.216. The van der Waals surface area contributed by atoms with E-state index < -0.39 is 23.8 Å². The molecule has 4 aliphatic rings. The number of rotatable bonds is 2. The average molecular weight is 337 g/mol. The molecule has 1 radical (unpaired) electrons. The van der Waals surface area contributed by atoms with Crippen LogP contribution in [0, 0.1) is 47.3 Å². The van der Waals surface area contributed by atoms with Crippen LogP contribution < -0.4 is 0 Å². The molecule has 4 aliphatic carbocycles. The molecule has 0 amide bonds. The molecule has 0 saturated heterocycles. The Bertz CT molecular complexity index is 434. The molecule has 0 aromatic rings. The summed E-state index contributed by atoms with van der Waals surface area (Å²) in [6.45, 7) is 0. The summed E-state index contributed by atoms with van der Waals surface area (Å²) in [5.74, 6) is -0.984. The fourth-order valence-corrected chi connectivity index (χ4v) is 5.71. The maximum absolute atomic E-state index is 11.4. The van der Waals surface area contributed by atoms with Gasteiger partial charge in [0.25, 0.3) is 0 Å². The van der Waals surface area contributed by atoms with E-state index in [0.29, 0.717) is 23.7 Å². The predicted molar refractivity (Wildman–Crippen MR) is 61.6 cm³/mol. The Morgan fingerprint density at radius 2 is 1.26 bits per heavy atom. The zero-order valence-corrected chi connectivity index (χ0v) is 13.3. The van der Waals surface area contributed by atoms with Crippen LogP contribution in [0.1, 0.15) is 12.8 Å². The van der Waals surface area contributed by atoms with Gasteiger partial charge in [-0.05, 0) is 48.3 Å². The molecule has 0 aliphatic heterocycles. The monoisotopic (exact) mass is 337 g/mol. The van der Waals surface area contributed by atoms with E-state index in [0.717, 1.165) is 12.8 Å². The third-order valence-corrected chi connectivity index (χ3v) is 6.00. The Morgan fingerprint density at radius 1 is 0.842 bits per heavy atom. The van der Waals surface area contributed by atoms with Gasteiger partial charge in [0.1, 0.15) is 0 Å². The topological polar surface area (TPSA) is 74.6 Å². The standard InChI is InChI=1S/C14H16O4.Y/c15-13(16)11-7-4-8(12(11)14(17)18)10-6-2-1-5(3-6)9(7)10;/h1-2,5-12H,3-4H2,(H,15,16)(H,17,18);. The summed E-state index contributed by atoms with van der Waals surface area (Å²) in [5.41, 5.74) is 0. The molecule has 19 heavy (non-hydrogen) atoms. The van der Waals surface area contributed by atoms with Crippen molar-refractivity contribution in [3.05, 3.63) is 12.2 Å². The van der Waals surface area contributed by atoms with Crippen molar-refractivity contribution in [1.82, 2.24) is 0 Å². The summed E-state index contributed by atoms with van der Waals surface area (Å²) < 4.78 is 0. The molecular weight excluding hydrogens is 321 g/mol. The van der Waals surface area contributed by atoms with Crippen LogP contribution in [-0.4, -0.2) is 22.2 Å². The first-order valence-corrected chi connectivity index (χ1v) is 6.73. The molecule has 8 atom stereocenters. The number of hydrogen-bond donors (Lipinski definition) is 2. The van der Waals surface area contributed by atoms with Crippen molar-refractivity contribution in [2.24, 2.45) is 47.3 Å². The molecule has 8 unspecified atom stereocenters. The number of fused-ring (bicyclic) bond motifs is 9. The maximum atomic E-state index is 11.4. The van der Waals surface area contributed by atoms with Crippen LogP contribution in [0.4, 0.5) is 0 Å². The zero-order valence-electron chi connectivity index (χ0n) is 10.5. The second kappa shape index (κ2) is 4.39. The van der Waals surface area contributed by atoms with E-state index in [4.69, 9.17) is 0 Å². The van der Waals surface area contributed by atoms with E-state index in [-0.39, 0.29) is 44.5 Å². The largest absolute Gasteiger partial charge is 0.481 e. The van der Waals surface area contributed by atoms with Crippen molar-refractivity contribution in [1.29, 1.82) is 0 Å². The number of carboxylic acid groups (broad SMARTS) is 2. The Morgan fingerprint density at radius 3 is 1.63 bits per heavy atom. The molecule has 0 aromatic heterocycles. The van der Waals surface area contributed by atoms with Gasteiger partial charge in [0.15, 0.2) is 0 Å². The van der Waals surface area contributed by atoms with E-state index in [1.165, 1.54) is 0 Å². The van der Waals surface area contributed by atoms with Crippen molar-refractivity contribution >= 4 is 11.9 Å². The molecule has 0 heterocycles. The summed E-state index contributed by atoms with van der Waals surface area (Å²) in [6.07, 6.45) is 6.42. The molecule has 0 spiro atoms. The molecule has 3 fully saturated rings. The van der Waals surface area contributed by atoms with Crippen molar-refractivity contribution in [2.45, 2.75) is 12.8 Å². The first-order valence-electron chi connectivity index (χ1n) is 6.73. The fourth-order valence-electron chi connectivity index (χ4n) is 5.71. The van der Waals surface area contributed by atoms with Gasteiger partial charge in [-0.25, -0.2) is 0 Å². The maximum Gasteiger partial charge on any atom is 0.307 e. The van der Waals surface area contributed by atoms with Crippen molar-refractivity contribution in [3.8, 4) is 0 Å². The number of carbonyl (C=O) groups is 2. The van der Waals surface area contributed by atoms with Crippen molar-refractivity contribution < 1.29 is 52.5 Å². The molecule has 4 rings (SSSR count). The second-order valence-electron chi connectivity index (χ2n) is 6.39. The number of carboxylic acids is 2.